The van der Waals surface area contributed by atoms with E-state index in [1.165, 1.54) is 48.5 Å². The summed E-state index contributed by atoms with van der Waals surface area (Å²) in [6.07, 6.45) is -1.02. The van der Waals surface area contributed by atoms with E-state index in [2.05, 4.69) is 0 Å². The van der Waals surface area contributed by atoms with Crippen molar-refractivity contribution in [3.8, 4) is 46.0 Å². The number of aromatic hydroxyl groups is 6. The van der Waals surface area contributed by atoms with Crippen molar-refractivity contribution in [2.75, 3.05) is 0 Å². The van der Waals surface area contributed by atoms with Gasteiger partial charge in [0.25, 0.3) is 0 Å². The molecule has 2 aliphatic rings. The maximum Gasteiger partial charge on any atom is 0.222 e. The molecule has 0 aliphatic carbocycles. The average molecular weight is 545 g/mol. The van der Waals surface area contributed by atoms with Crippen LogP contribution in [0.5, 0.6) is 46.0 Å². The second-order valence-electron chi connectivity index (χ2n) is 9.74. The minimum atomic E-state index is -2.06. The highest BCUT2D eigenvalue weighted by molar-refractivity contribution is 5.75. The van der Waals surface area contributed by atoms with Crippen LogP contribution in [0, 0.1) is 0 Å². The topological polar surface area (TPSA) is 180 Å². The van der Waals surface area contributed by atoms with Crippen LogP contribution < -0.4 is 9.47 Å². The molecule has 0 bridgehead atoms. The van der Waals surface area contributed by atoms with Crippen molar-refractivity contribution < 1.29 is 50.3 Å². The van der Waals surface area contributed by atoms with Gasteiger partial charge in [-0.1, -0.05) is 24.3 Å². The Morgan fingerprint density at radius 2 is 1.35 bits per heavy atom. The number of ether oxygens (including phenoxy) is 2. The lowest BCUT2D eigenvalue weighted by atomic mass is 9.78. The van der Waals surface area contributed by atoms with Crippen LogP contribution in [0.15, 0.2) is 72.5 Å². The molecule has 0 saturated heterocycles. The lowest BCUT2D eigenvalue weighted by Gasteiger charge is -2.41. The first-order valence-corrected chi connectivity index (χ1v) is 12.3. The molecule has 0 radical (unpaired) electrons. The molecule has 2 aliphatic heterocycles. The van der Waals surface area contributed by atoms with Gasteiger partial charge in [0.05, 0.1) is 17.2 Å². The Morgan fingerprint density at radius 1 is 0.700 bits per heavy atom. The molecule has 40 heavy (non-hydrogen) atoms. The van der Waals surface area contributed by atoms with Gasteiger partial charge in [0.2, 0.25) is 5.60 Å². The van der Waals surface area contributed by atoms with Gasteiger partial charge in [0.15, 0.2) is 0 Å². The molecule has 3 unspecified atom stereocenters. The first-order chi connectivity index (χ1) is 19.1. The van der Waals surface area contributed by atoms with E-state index in [9.17, 15) is 40.9 Å². The van der Waals surface area contributed by atoms with Gasteiger partial charge < -0.3 is 50.3 Å². The van der Waals surface area contributed by atoms with Crippen LogP contribution in [-0.2, 0) is 12.0 Å². The summed E-state index contributed by atoms with van der Waals surface area (Å²) in [5, 5.41) is 84.9. The summed E-state index contributed by atoms with van der Waals surface area (Å²) in [6, 6.07) is 14.9. The standard InChI is InChI=1S/C30H24O10/c31-16-5-1-14(2-6-16)28-24(37)11-20-22(35)13-23(36)27(29(20)39-28)30(15-3-7-17(32)8-4-15)26(38)12-19-21(34)9-18(33)10-25(19)40-30/h1-10,12-13,24,28,31-38H,11H2. The molecule has 3 atom stereocenters. The summed E-state index contributed by atoms with van der Waals surface area (Å²) < 4.78 is 12.6. The minimum Gasteiger partial charge on any atom is -0.508 e. The van der Waals surface area contributed by atoms with Gasteiger partial charge in [-0.25, -0.2) is 0 Å². The predicted molar refractivity (Wildman–Crippen MR) is 141 cm³/mol. The van der Waals surface area contributed by atoms with E-state index in [-0.39, 0.29) is 68.9 Å². The van der Waals surface area contributed by atoms with Gasteiger partial charge >= 0.3 is 0 Å². The van der Waals surface area contributed by atoms with Crippen LogP contribution in [0.4, 0.5) is 0 Å². The monoisotopic (exact) mass is 544 g/mol. The van der Waals surface area contributed by atoms with Crippen molar-refractivity contribution in [3.63, 3.8) is 0 Å². The Balaban J connectivity index is 1.63. The number of hydrogen-bond donors (Lipinski definition) is 8. The summed E-state index contributed by atoms with van der Waals surface area (Å²) in [6.45, 7) is 0. The molecule has 0 spiro atoms. The zero-order valence-electron chi connectivity index (χ0n) is 20.7. The zero-order chi connectivity index (χ0) is 28.3. The largest absolute Gasteiger partial charge is 0.508 e. The molecular weight excluding hydrogens is 520 g/mol. The highest BCUT2D eigenvalue weighted by atomic mass is 16.5. The summed E-state index contributed by atoms with van der Waals surface area (Å²) in [5.41, 5.74) is -1.29. The molecule has 0 amide bonds. The van der Waals surface area contributed by atoms with Gasteiger partial charge in [-0.05, 0) is 35.9 Å². The van der Waals surface area contributed by atoms with Crippen molar-refractivity contribution in [2.45, 2.75) is 24.2 Å². The quantitative estimate of drug-likeness (QED) is 0.186. The van der Waals surface area contributed by atoms with Crippen LogP contribution in [0.2, 0.25) is 0 Å². The van der Waals surface area contributed by atoms with E-state index in [1.54, 1.807) is 12.1 Å². The van der Waals surface area contributed by atoms with E-state index in [0.717, 1.165) is 12.1 Å². The minimum absolute atomic E-state index is 0.00699. The first kappa shape index (κ1) is 25.1. The normalized spacial score (nSPS) is 21.4. The Labute approximate surface area is 227 Å². The Hall–Kier alpha value is -5.22. The van der Waals surface area contributed by atoms with E-state index >= 15 is 0 Å². The number of benzene rings is 4. The third kappa shape index (κ3) is 3.76. The molecule has 8 N–H and O–H groups in total. The van der Waals surface area contributed by atoms with Crippen LogP contribution in [0.1, 0.15) is 33.9 Å². The summed E-state index contributed by atoms with van der Waals surface area (Å²) in [4.78, 5) is 0. The number of rotatable bonds is 3. The molecule has 0 saturated carbocycles. The summed E-state index contributed by atoms with van der Waals surface area (Å²) in [5.74, 6) is -2.29. The van der Waals surface area contributed by atoms with E-state index < -0.39 is 29.3 Å². The van der Waals surface area contributed by atoms with Crippen LogP contribution in [0.3, 0.4) is 0 Å². The lowest BCUT2D eigenvalue weighted by Crippen LogP contribution is -2.41. The molecule has 2 heterocycles. The van der Waals surface area contributed by atoms with Gasteiger partial charge in [-0.15, -0.1) is 0 Å². The maximum atomic E-state index is 11.6. The molecule has 0 aromatic heterocycles. The van der Waals surface area contributed by atoms with Crippen molar-refractivity contribution in [3.05, 3.63) is 100 Å². The highest BCUT2D eigenvalue weighted by Gasteiger charge is 2.51. The maximum absolute atomic E-state index is 11.6. The number of aliphatic hydroxyl groups excluding tert-OH is 2. The van der Waals surface area contributed by atoms with Gasteiger partial charge in [0.1, 0.15) is 57.9 Å². The zero-order valence-corrected chi connectivity index (χ0v) is 20.7. The smallest absolute Gasteiger partial charge is 0.222 e. The molecule has 4 aromatic rings. The third-order valence-electron chi connectivity index (χ3n) is 7.20. The number of fused-ring (bicyclic) bond motifs is 2. The molecule has 10 heteroatoms. The molecule has 10 nitrogen and oxygen atoms in total. The van der Waals surface area contributed by atoms with Crippen LogP contribution in [-0.4, -0.2) is 47.0 Å². The number of hydrogen-bond acceptors (Lipinski definition) is 10. The SMILES string of the molecule is OC1=Cc2c(O)cc(O)cc2OC1(c1ccc(O)cc1)c1c(O)cc(O)c2c1OC(c1ccc(O)cc1)C(O)C2. The van der Waals surface area contributed by atoms with Crippen LogP contribution >= 0.6 is 0 Å². The number of aliphatic hydroxyl groups is 2. The number of phenolic OH excluding ortho intramolecular Hbond substituents is 6. The molecule has 204 valence electrons. The van der Waals surface area contributed by atoms with E-state index in [4.69, 9.17) is 9.47 Å². The second kappa shape index (κ2) is 8.92. The van der Waals surface area contributed by atoms with E-state index in [1.807, 2.05) is 0 Å². The third-order valence-corrected chi connectivity index (χ3v) is 7.20. The average Bonchev–Trinajstić information content (AvgIpc) is 2.90. The van der Waals surface area contributed by atoms with Crippen molar-refractivity contribution in [1.29, 1.82) is 0 Å². The molecule has 4 aromatic carbocycles. The predicted octanol–water partition coefficient (Wildman–Crippen LogP) is 4.19. The Kier molecular flexibility index (Phi) is 5.59. The fourth-order valence-electron chi connectivity index (χ4n) is 5.32. The number of phenols is 6. The van der Waals surface area contributed by atoms with Gasteiger partial charge in [-0.3, -0.25) is 0 Å². The van der Waals surface area contributed by atoms with Crippen molar-refractivity contribution >= 4 is 6.08 Å². The summed E-state index contributed by atoms with van der Waals surface area (Å²) in [7, 11) is 0. The van der Waals surface area contributed by atoms with Gasteiger partial charge in [0, 0.05) is 35.7 Å². The van der Waals surface area contributed by atoms with Gasteiger partial charge in [-0.2, -0.15) is 0 Å². The lowest BCUT2D eigenvalue weighted by molar-refractivity contribution is 0.0138. The van der Waals surface area contributed by atoms with E-state index in [0.29, 0.717) is 5.56 Å². The Bertz CT molecular complexity index is 1660. The fourth-order valence-corrected chi connectivity index (χ4v) is 5.32. The molecule has 0 fully saturated rings. The fraction of sp³-hybridized carbons (Fsp3) is 0.133. The molecular formula is C30H24O10. The van der Waals surface area contributed by atoms with Crippen LogP contribution in [0.25, 0.3) is 6.08 Å². The summed E-state index contributed by atoms with van der Waals surface area (Å²) >= 11 is 0. The first-order valence-electron chi connectivity index (χ1n) is 12.3. The second-order valence-corrected chi connectivity index (χ2v) is 9.74. The van der Waals surface area contributed by atoms with Crippen molar-refractivity contribution in [2.24, 2.45) is 0 Å². The Morgan fingerprint density at radius 3 is 2.02 bits per heavy atom. The van der Waals surface area contributed by atoms with Crippen molar-refractivity contribution in [1.82, 2.24) is 0 Å². The highest BCUT2D eigenvalue weighted by Crippen LogP contribution is 2.57. The molecule has 6 rings (SSSR count).